The van der Waals surface area contributed by atoms with Gasteiger partial charge in [0.2, 0.25) is 5.78 Å². The van der Waals surface area contributed by atoms with Crippen molar-refractivity contribution in [3.63, 3.8) is 0 Å². The van der Waals surface area contributed by atoms with E-state index in [-0.39, 0.29) is 36.0 Å². The van der Waals surface area contributed by atoms with Gasteiger partial charge in [0, 0.05) is 28.0 Å². The van der Waals surface area contributed by atoms with Gasteiger partial charge in [-0.05, 0) is 59.4 Å². The summed E-state index contributed by atoms with van der Waals surface area (Å²) in [5.74, 6) is -1.13. The molecule has 6 heteroatoms. The Labute approximate surface area is 183 Å². The Balaban J connectivity index is 2.08. The maximum absolute atomic E-state index is 13.8. The third-order valence-electron chi connectivity index (χ3n) is 7.52. The highest BCUT2D eigenvalue weighted by molar-refractivity contribution is 6.05. The van der Waals surface area contributed by atoms with Gasteiger partial charge in [0.25, 0.3) is 0 Å². The van der Waals surface area contributed by atoms with Crippen molar-refractivity contribution in [2.75, 3.05) is 0 Å². The van der Waals surface area contributed by atoms with Gasteiger partial charge >= 0.3 is 11.9 Å². The highest BCUT2D eigenvalue weighted by atomic mass is 16.6. The average Bonchev–Trinajstić information content (AvgIpc) is 3.11. The number of carbonyl (C=O) groups excluding carboxylic acids is 3. The number of ether oxygens (including phenoxy) is 2. The van der Waals surface area contributed by atoms with Crippen molar-refractivity contribution in [2.45, 2.75) is 79.4 Å². The predicted octanol–water partition coefficient (Wildman–Crippen LogP) is 4.89. The van der Waals surface area contributed by atoms with Crippen LogP contribution in [0, 0.1) is 18.3 Å². The number of aryl methyl sites for hydroxylation is 1. The minimum Gasteiger partial charge on any atom is -0.460 e. The summed E-state index contributed by atoms with van der Waals surface area (Å²) in [7, 11) is 0. The Morgan fingerprint density at radius 1 is 1.16 bits per heavy atom. The highest BCUT2D eigenvalue weighted by Gasteiger charge is 2.67. The van der Waals surface area contributed by atoms with E-state index in [1.165, 1.54) is 0 Å². The Morgan fingerprint density at radius 3 is 2.39 bits per heavy atom. The summed E-state index contributed by atoms with van der Waals surface area (Å²) in [5, 5.41) is 0. The quantitative estimate of drug-likeness (QED) is 0.502. The van der Waals surface area contributed by atoms with Gasteiger partial charge < -0.3 is 13.9 Å². The van der Waals surface area contributed by atoms with Gasteiger partial charge in [0.1, 0.15) is 6.10 Å². The molecule has 0 saturated heterocycles. The maximum Gasteiger partial charge on any atom is 0.334 e. The molecular formula is C25H32O6. The van der Waals surface area contributed by atoms with Crippen molar-refractivity contribution in [1.82, 2.24) is 0 Å². The van der Waals surface area contributed by atoms with Crippen LogP contribution in [0.25, 0.3) is 0 Å². The van der Waals surface area contributed by atoms with Gasteiger partial charge in [0.05, 0.1) is 6.26 Å². The zero-order valence-corrected chi connectivity index (χ0v) is 19.5. The minimum atomic E-state index is -1.37. The van der Waals surface area contributed by atoms with E-state index in [4.69, 9.17) is 13.9 Å². The number of Topliss-reactive ketones (excluding diaryl/α,β-unsaturated/α-hetero) is 1. The molecule has 0 bridgehead atoms. The summed E-state index contributed by atoms with van der Waals surface area (Å²) in [6.45, 7) is 12.8. The Morgan fingerprint density at radius 2 is 1.77 bits per heavy atom. The van der Waals surface area contributed by atoms with Gasteiger partial charge in [-0.3, -0.25) is 4.79 Å². The minimum absolute atomic E-state index is 0.222. The molecule has 0 aliphatic heterocycles. The molecule has 1 saturated carbocycles. The largest absolute Gasteiger partial charge is 0.460 e. The zero-order chi connectivity index (χ0) is 23.1. The number of fused-ring (bicyclic) bond motifs is 2. The normalized spacial score (nSPS) is 31.0. The number of ketones is 1. The molecule has 1 aromatic rings. The second-order valence-corrected chi connectivity index (χ2v) is 9.08. The van der Waals surface area contributed by atoms with Crippen LogP contribution in [0.1, 0.15) is 76.1 Å². The number of esters is 2. The van der Waals surface area contributed by atoms with Crippen molar-refractivity contribution in [2.24, 2.45) is 11.3 Å². The van der Waals surface area contributed by atoms with Crippen LogP contribution in [-0.4, -0.2) is 29.4 Å². The molecule has 0 unspecified atom stereocenters. The lowest BCUT2D eigenvalue weighted by Gasteiger charge is -2.56. The first-order valence-corrected chi connectivity index (χ1v) is 10.8. The lowest BCUT2D eigenvalue weighted by Crippen LogP contribution is -2.66. The van der Waals surface area contributed by atoms with Crippen LogP contribution >= 0.6 is 0 Å². The second-order valence-electron chi connectivity index (χ2n) is 9.08. The molecule has 0 amide bonds. The highest BCUT2D eigenvalue weighted by Crippen LogP contribution is 2.57. The van der Waals surface area contributed by atoms with Crippen LogP contribution in [0.4, 0.5) is 0 Å². The fraction of sp³-hybridized carbons (Fsp3) is 0.560. The first-order chi connectivity index (χ1) is 14.5. The average molecular weight is 429 g/mol. The number of furan rings is 1. The molecule has 6 nitrogen and oxygen atoms in total. The third kappa shape index (κ3) is 3.46. The summed E-state index contributed by atoms with van der Waals surface area (Å²) in [5.41, 5.74) is 0.579. The molecular weight excluding hydrogens is 396 g/mol. The van der Waals surface area contributed by atoms with E-state index in [0.29, 0.717) is 24.0 Å². The van der Waals surface area contributed by atoms with E-state index < -0.39 is 17.0 Å². The lowest BCUT2D eigenvalue weighted by molar-refractivity contribution is -0.194. The summed E-state index contributed by atoms with van der Waals surface area (Å²) < 4.78 is 17.5. The van der Waals surface area contributed by atoms with Crippen LogP contribution in [0.2, 0.25) is 0 Å². The number of hydrogen-bond acceptors (Lipinski definition) is 6. The van der Waals surface area contributed by atoms with Crippen molar-refractivity contribution < 1.29 is 28.3 Å². The van der Waals surface area contributed by atoms with Crippen LogP contribution in [-0.2, 0) is 25.5 Å². The first kappa shape index (κ1) is 23.0. The summed E-state index contributed by atoms with van der Waals surface area (Å²) >= 11 is 0. The Kier molecular flexibility index (Phi) is 6.05. The molecule has 1 heterocycles. The molecule has 1 aromatic heterocycles. The zero-order valence-electron chi connectivity index (χ0n) is 19.5. The molecule has 168 valence electrons. The van der Waals surface area contributed by atoms with E-state index in [0.717, 1.165) is 11.1 Å². The second kappa shape index (κ2) is 8.13. The number of hydrogen-bond donors (Lipinski definition) is 0. The number of rotatable bonds is 4. The monoisotopic (exact) mass is 428 g/mol. The van der Waals surface area contributed by atoms with Crippen LogP contribution < -0.4 is 0 Å². The van der Waals surface area contributed by atoms with Gasteiger partial charge in [-0.2, -0.15) is 0 Å². The van der Waals surface area contributed by atoms with Crippen LogP contribution in [0.15, 0.2) is 34.0 Å². The first-order valence-electron chi connectivity index (χ1n) is 10.8. The third-order valence-corrected chi connectivity index (χ3v) is 7.52. The molecule has 0 radical (unpaired) electrons. The molecule has 0 spiro atoms. The lowest BCUT2D eigenvalue weighted by atomic mass is 9.51. The Hall–Kier alpha value is -2.63. The van der Waals surface area contributed by atoms with E-state index >= 15 is 0 Å². The van der Waals surface area contributed by atoms with E-state index in [1.54, 1.807) is 46.1 Å². The van der Waals surface area contributed by atoms with E-state index in [9.17, 15) is 14.4 Å². The SMILES string of the molecule is CC=C(C)C(=O)O[C@H]1CC[C@]2(OC(=O)C(C)=CC)C(=O)c3occ(C)c3C[C@]2(C)[C@H]1C. The van der Waals surface area contributed by atoms with Gasteiger partial charge in [-0.15, -0.1) is 0 Å². The smallest absolute Gasteiger partial charge is 0.334 e. The topological polar surface area (TPSA) is 82.8 Å². The molecule has 3 rings (SSSR count). The molecule has 0 aromatic carbocycles. The van der Waals surface area contributed by atoms with E-state index in [2.05, 4.69) is 0 Å². The molecule has 4 atom stereocenters. The van der Waals surface area contributed by atoms with E-state index in [1.807, 2.05) is 20.8 Å². The summed E-state index contributed by atoms with van der Waals surface area (Å²) in [4.78, 5) is 39.0. The van der Waals surface area contributed by atoms with Gasteiger partial charge in [-0.25, -0.2) is 9.59 Å². The number of allylic oxidation sites excluding steroid dienone is 2. The molecule has 0 N–H and O–H groups in total. The van der Waals surface area contributed by atoms with Crippen molar-refractivity contribution in [3.8, 4) is 0 Å². The van der Waals surface area contributed by atoms with Gasteiger partial charge in [0.15, 0.2) is 11.4 Å². The standard InChI is InChI=1S/C25H32O6/c1-8-14(3)22(27)30-19-10-11-25(31-23(28)15(4)9-2)21(26)20-18(16(5)13-29-20)12-24(25,7)17(19)6/h8-9,13,17,19H,10-12H2,1-7H3/t17-,19-,24+,25-/m0/s1. The van der Waals surface area contributed by atoms with Crippen LogP contribution in [0.3, 0.4) is 0 Å². The van der Waals surface area contributed by atoms with Gasteiger partial charge in [-0.1, -0.05) is 26.0 Å². The molecule has 2 aliphatic carbocycles. The predicted molar refractivity (Wildman–Crippen MR) is 116 cm³/mol. The van der Waals surface area contributed by atoms with Crippen molar-refractivity contribution in [1.29, 1.82) is 0 Å². The molecule has 1 fully saturated rings. The summed E-state index contributed by atoms with van der Waals surface area (Å²) in [6, 6.07) is 0. The molecule has 2 aliphatic rings. The maximum atomic E-state index is 13.8. The number of carbonyl (C=O) groups is 3. The van der Waals surface area contributed by atoms with Crippen molar-refractivity contribution in [3.05, 3.63) is 46.4 Å². The fourth-order valence-corrected chi connectivity index (χ4v) is 4.85. The van der Waals surface area contributed by atoms with Crippen LogP contribution in [0.5, 0.6) is 0 Å². The Bertz CT molecular complexity index is 980. The molecule has 31 heavy (non-hydrogen) atoms. The van der Waals surface area contributed by atoms with Crippen molar-refractivity contribution >= 4 is 17.7 Å². The fourth-order valence-electron chi connectivity index (χ4n) is 4.85. The summed E-state index contributed by atoms with van der Waals surface area (Å²) in [6.07, 6.45) is 5.76.